The monoisotopic (exact) mass is 227 g/mol. The third kappa shape index (κ3) is 2.23. The van der Waals surface area contributed by atoms with Crippen LogP contribution in [0.1, 0.15) is 30.4 Å². The van der Waals surface area contributed by atoms with E-state index in [1.54, 1.807) is 12.1 Å². The van der Waals surface area contributed by atoms with Gasteiger partial charge in [-0.05, 0) is 31.5 Å². The fourth-order valence-electron chi connectivity index (χ4n) is 2.07. The van der Waals surface area contributed by atoms with E-state index in [1.165, 1.54) is 12.1 Å². The van der Waals surface area contributed by atoms with Crippen LogP contribution in [0.3, 0.4) is 0 Å². The smallest absolute Gasteiger partial charge is 0.263 e. The summed E-state index contributed by atoms with van der Waals surface area (Å²) in [7, 11) is 0. The molecule has 4 heteroatoms. The molecule has 0 aliphatic carbocycles. The minimum Gasteiger partial charge on any atom is -0.385 e. The Balaban J connectivity index is 2.20. The van der Waals surface area contributed by atoms with Gasteiger partial charge in [-0.3, -0.25) is 0 Å². The number of hydrogen-bond acceptors (Lipinski definition) is 2. The average molecular weight is 227 g/mol. The Morgan fingerprint density at radius 2 is 1.69 bits per heavy atom. The van der Waals surface area contributed by atoms with Gasteiger partial charge in [0.25, 0.3) is 6.43 Å². The Hall–Kier alpha value is -1.00. The number of rotatable bonds is 2. The Bertz CT molecular complexity index is 345. The van der Waals surface area contributed by atoms with Gasteiger partial charge in [0.15, 0.2) is 0 Å². The summed E-state index contributed by atoms with van der Waals surface area (Å²) in [6.45, 7) is 1.51. The van der Waals surface area contributed by atoms with E-state index in [4.69, 9.17) is 0 Å². The zero-order chi connectivity index (χ0) is 11.6. The van der Waals surface area contributed by atoms with Crippen LogP contribution in [0.2, 0.25) is 0 Å². The zero-order valence-corrected chi connectivity index (χ0v) is 8.92. The number of piperidine rings is 1. The van der Waals surface area contributed by atoms with Crippen LogP contribution in [-0.2, 0) is 5.60 Å². The molecule has 0 aromatic heterocycles. The summed E-state index contributed by atoms with van der Waals surface area (Å²) in [6.07, 6.45) is -1.20. The summed E-state index contributed by atoms with van der Waals surface area (Å²) in [6, 6.07) is 5.99. The molecular formula is C12H15F2NO. The van der Waals surface area contributed by atoms with Crippen molar-refractivity contribution in [3.05, 3.63) is 35.4 Å². The fourth-order valence-corrected chi connectivity index (χ4v) is 2.07. The molecule has 0 bridgehead atoms. The maximum atomic E-state index is 12.4. The lowest BCUT2D eigenvalue weighted by atomic mass is 9.85. The maximum Gasteiger partial charge on any atom is 0.263 e. The van der Waals surface area contributed by atoms with Crippen molar-refractivity contribution in [2.45, 2.75) is 24.9 Å². The molecule has 0 radical (unpaired) electrons. The number of aliphatic hydroxyl groups is 1. The number of nitrogens with one attached hydrogen (secondary N) is 1. The van der Waals surface area contributed by atoms with Crippen molar-refractivity contribution in [2.24, 2.45) is 0 Å². The van der Waals surface area contributed by atoms with Crippen molar-refractivity contribution < 1.29 is 13.9 Å². The van der Waals surface area contributed by atoms with Crippen molar-refractivity contribution in [3.63, 3.8) is 0 Å². The molecule has 0 unspecified atom stereocenters. The highest BCUT2D eigenvalue weighted by Crippen LogP contribution is 2.31. The van der Waals surface area contributed by atoms with Crippen molar-refractivity contribution in [3.8, 4) is 0 Å². The van der Waals surface area contributed by atoms with E-state index < -0.39 is 12.0 Å². The lowest BCUT2D eigenvalue weighted by Crippen LogP contribution is -2.39. The zero-order valence-electron chi connectivity index (χ0n) is 8.92. The minimum atomic E-state index is -2.45. The summed E-state index contributed by atoms with van der Waals surface area (Å²) in [4.78, 5) is 0. The first kappa shape index (κ1) is 11.5. The molecule has 1 saturated heterocycles. The molecule has 1 aliphatic heterocycles. The van der Waals surface area contributed by atoms with Crippen molar-refractivity contribution in [1.29, 1.82) is 0 Å². The molecule has 88 valence electrons. The lowest BCUT2D eigenvalue weighted by molar-refractivity contribution is 0.00585. The van der Waals surface area contributed by atoms with Crippen LogP contribution in [0.15, 0.2) is 24.3 Å². The van der Waals surface area contributed by atoms with Crippen LogP contribution in [0.5, 0.6) is 0 Å². The Kier molecular flexibility index (Phi) is 3.21. The molecule has 2 rings (SSSR count). The van der Waals surface area contributed by atoms with E-state index in [2.05, 4.69) is 5.32 Å². The first-order valence-corrected chi connectivity index (χ1v) is 5.43. The van der Waals surface area contributed by atoms with E-state index in [-0.39, 0.29) is 5.56 Å². The highest BCUT2D eigenvalue weighted by atomic mass is 19.3. The van der Waals surface area contributed by atoms with Crippen molar-refractivity contribution in [1.82, 2.24) is 5.32 Å². The summed E-state index contributed by atoms with van der Waals surface area (Å²) in [5.74, 6) is 0. The highest BCUT2D eigenvalue weighted by Gasteiger charge is 2.30. The summed E-state index contributed by atoms with van der Waals surface area (Å²) >= 11 is 0. The van der Waals surface area contributed by atoms with Gasteiger partial charge in [-0.15, -0.1) is 0 Å². The van der Waals surface area contributed by atoms with Crippen LogP contribution in [0.4, 0.5) is 8.78 Å². The Labute approximate surface area is 93.3 Å². The van der Waals surface area contributed by atoms with Crippen molar-refractivity contribution >= 4 is 0 Å². The molecule has 1 fully saturated rings. The average Bonchev–Trinajstić information content (AvgIpc) is 2.30. The second kappa shape index (κ2) is 4.47. The molecule has 2 N–H and O–H groups in total. The molecule has 16 heavy (non-hydrogen) atoms. The van der Waals surface area contributed by atoms with E-state index in [0.29, 0.717) is 12.8 Å². The number of hydrogen-bond donors (Lipinski definition) is 2. The molecule has 0 amide bonds. The van der Waals surface area contributed by atoms with Crippen LogP contribution in [-0.4, -0.2) is 18.2 Å². The predicted molar refractivity (Wildman–Crippen MR) is 57.4 cm³/mol. The van der Waals surface area contributed by atoms with E-state index in [0.717, 1.165) is 18.7 Å². The van der Waals surface area contributed by atoms with Gasteiger partial charge >= 0.3 is 0 Å². The summed E-state index contributed by atoms with van der Waals surface area (Å²) in [5, 5.41) is 13.5. The number of alkyl halides is 2. The summed E-state index contributed by atoms with van der Waals surface area (Å²) in [5.41, 5.74) is -0.119. The number of benzene rings is 1. The van der Waals surface area contributed by atoms with Crippen LogP contribution >= 0.6 is 0 Å². The van der Waals surface area contributed by atoms with E-state index in [1.807, 2.05) is 0 Å². The fraction of sp³-hybridized carbons (Fsp3) is 0.500. The molecule has 0 saturated carbocycles. The van der Waals surface area contributed by atoms with Gasteiger partial charge in [0.05, 0.1) is 5.60 Å². The van der Waals surface area contributed by atoms with Gasteiger partial charge in [-0.2, -0.15) is 0 Å². The van der Waals surface area contributed by atoms with Gasteiger partial charge < -0.3 is 10.4 Å². The molecule has 0 atom stereocenters. The first-order valence-electron chi connectivity index (χ1n) is 5.43. The second-order valence-electron chi connectivity index (χ2n) is 4.20. The largest absolute Gasteiger partial charge is 0.385 e. The third-order valence-corrected chi connectivity index (χ3v) is 3.13. The van der Waals surface area contributed by atoms with Crippen molar-refractivity contribution in [2.75, 3.05) is 13.1 Å². The standard InChI is InChI=1S/C12H15F2NO/c13-11(14)9-1-3-10(4-2-9)12(16)5-7-15-8-6-12/h1-4,11,15-16H,5-8H2. The summed E-state index contributed by atoms with van der Waals surface area (Å²) < 4.78 is 24.7. The predicted octanol–water partition coefficient (Wildman–Crippen LogP) is 2.20. The van der Waals surface area contributed by atoms with E-state index >= 15 is 0 Å². The van der Waals surface area contributed by atoms with Gasteiger partial charge in [0.2, 0.25) is 0 Å². The molecule has 1 aromatic rings. The third-order valence-electron chi connectivity index (χ3n) is 3.13. The quantitative estimate of drug-likeness (QED) is 0.811. The molecular weight excluding hydrogens is 212 g/mol. The van der Waals surface area contributed by atoms with Gasteiger partial charge in [0.1, 0.15) is 0 Å². The first-order chi connectivity index (χ1) is 7.62. The van der Waals surface area contributed by atoms with Crippen LogP contribution < -0.4 is 5.32 Å². The SMILES string of the molecule is OC1(c2ccc(C(F)F)cc2)CCNCC1. The lowest BCUT2D eigenvalue weighted by Gasteiger charge is -2.33. The molecule has 2 nitrogen and oxygen atoms in total. The van der Waals surface area contributed by atoms with E-state index in [9.17, 15) is 13.9 Å². The topological polar surface area (TPSA) is 32.3 Å². The second-order valence-corrected chi connectivity index (χ2v) is 4.20. The Morgan fingerprint density at radius 1 is 1.12 bits per heavy atom. The molecule has 1 heterocycles. The molecule has 0 spiro atoms. The highest BCUT2D eigenvalue weighted by molar-refractivity contribution is 5.28. The molecule has 1 aliphatic rings. The van der Waals surface area contributed by atoms with Crippen LogP contribution in [0, 0.1) is 0 Å². The van der Waals surface area contributed by atoms with Gasteiger partial charge in [-0.25, -0.2) is 8.78 Å². The van der Waals surface area contributed by atoms with Crippen LogP contribution in [0.25, 0.3) is 0 Å². The Morgan fingerprint density at radius 3 is 2.19 bits per heavy atom. The maximum absolute atomic E-state index is 12.4. The minimum absolute atomic E-state index is 0.00119. The van der Waals surface area contributed by atoms with Gasteiger partial charge in [-0.1, -0.05) is 24.3 Å². The number of halogens is 2. The molecule has 1 aromatic carbocycles. The van der Waals surface area contributed by atoms with Gasteiger partial charge in [0, 0.05) is 5.56 Å². The normalized spacial score (nSPS) is 20.0.